The third-order valence-electron chi connectivity index (χ3n) is 3.74. The largest absolute Gasteiger partial charge is 0.485 e. The van der Waals surface area contributed by atoms with Gasteiger partial charge in [-0.2, -0.15) is 5.10 Å². The zero-order valence-corrected chi connectivity index (χ0v) is 14.5. The molecule has 2 aromatic rings. The first-order chi connectivity index (χ1) is 12.5. The summed E-state index contributed by atoms with van der Waals surface area (Å²) in [5.74, 6) is 0.602. The molecular formula is C19H19N3O4. The van der Waals surface area contributed by atoms with E-state index in [1.165, 1.54) is 6.92 Å². The van der Waals surface area contributed by atoms with Crippen LogP contribution < -0.4 is 20.2 Å². The lowest BCUT2D eigenvalue weighted by Crippen LogP contribution is -2.42. The van der Waals surface area contributed by atoms with E-state index in [0.717, 1.165) is 5.56 Å². The van der Waals surface area contributed by atoms with Gasteiger partial charge in [-0.05, 0) is 36.8 Å². The molecule has 0 bridgehead atoms. The van der Waals surface area contributed by atoms with Gasteiger partial charge >= 0.3 is 0 Å². The monoisotopic (exact) mass is 353 g/mol. The van der Waals surface area contributed by atoms with Crippen LogP contribution in [0.3, 0.4) is 0 Å². The number of hydrogen-bond donors (Lipinski definition) is 2. The van der Waals surface area contributed by atoms with E-state index in [-0.39, 0.29) is 12.5 Å². The van der Waals surface area contributed by atoms with Gasteiger partial charge in [0, 0.05) is 12.6 Å². The molecule has 0 aliphatic carbocycles. The van der Waals surface area contributed by atoms with Crippen LogP contribution in [0, 0.1) is 0 Å². The number of nitrogens with zero attached hydrogens (tertiary/aromatic N) is 1. The SMILES string of the molecule is CC(=O)Nc1cccc(/C(C)=N/NC(=O)C2COc3ccccc3O2)c1. The molecule has 1 heterocycles. The number of benzene rings is 2. The molecule has 7 heteroatoms. The van der Waals surface area contributed by atoms with Gasteiger partial charge < -0.3 is 14.8 Å². The van der Waals surface area contributed by atoms with Crippen molar-refractivity contribution in [2.45, 2.75) is 20.0 Å². The Morgan fingerprint density at radius 3 is 2.62 bits per heavy atom. The number of carbonyl (C=O) groups excluding carboxylic acids is 2. The van der Waals surface area contributed by atoms with Crippen molar-refractivity contribution in [3.05, 3.63) is 54.1 Å². The van der Waals surface area contributed by atoms with Gasteiger partial charge in [0.1, 0.15) is 6.61 Å². The molecule has 2 N–H and O–H groups in total. The molecule has 1 unspecified atom stereocenters. The van der Waals surface area contributed by atoms with Crippen molar-refractivity contribution in [3.8, 4) is 11.5 Å². The molecule has 0 saturated carbocycles. The summed E-state index contributed by atoms with van der Waals surface area (Å²) < 4.78 is 11.2. The number of ether oxygens (including phenoxy) is 2. The van der Waals surface area contributed by atoms with Crippen molar-refractivity contribution in [1.29, 1.82) is 0 Å². The molecule has 1 aliphatic rings. The lowest BCUT2D eigenvalue weighted by molar-refractivity contribution is -0.130. The van der Waals surface area contributed by atoms with E-state index in [2.05, 4.69) is 15.8 Å². The molecule has 0 fully saturated rings. The Kier molecular flexibility index (Phi) is 5.17. The number of fused-ring (bicyclic) bond motifs is 1. The van der Waals surface area contributed by atoms with E-state index < -0.39 is 12.0 Å². The number of para-hydroxylation sites is 2. The topological polar surface area (TPSA) is 89.0 Å². The number of nitrogens with one attached hydrogen (secondary N) is 2. The number of anilines is 1. The predicted molar refractivity (Wildman–Crippen MR) is 97.5 cm³/mol. The zero-order valence-electron chi connectivity index (χ0n) is 14.5. The van der Waals surface area contributed by atoms with E-state index in [0.29, 0.717) is 22.9 Å². The number of rotatable bonds is 4. The first-order valence-corrected chi connectivity index (χ1v) is 8.13. The molecule has 0 spiro atoms. The minimum absolute atomic E-state index is 0.120. The van der Waals surface area contributed by atoms with E-state index in [1.807, 2.05) is 18.2 Å². The van der Waals surface area contributed by atoms with Gasteiger partial charge in [0.15, 0.2) is 11.5 Å². The standard InChI is InChI=1S/C19H19N3O4/c1-12(14-6-5-7-15(10-14)20-13(2)23)21-22-19(24)18-11-25-16-8-3-4-9-17(16)26-18/h3-10,18H,11H2,1-2H3,(H,20,23)(H,22,24)/b21-12+. The average Bonchev–Trinajstić information content (AvgIpc) is 2.65. The van der Waals surface area contributed by atoms with Crippen LogP contribution in [0.1, 0.15) is 19.4 Å². The van der Waals surface area contributed by atoms with Crippen LogP contribution in [0.5, 0.6) is 11.5 Å². The minimum atomic E-state index is -0.771. The molecular weight excluding hydrogens is 334 g/mol. The molecule has 1 aliphatic heterocycles. The highest BCUT2D eigenvalue weighted by molar-refractivity contribution is 6.01. The minimum Gasteiger partial charge on any atom is -0.485 e. The molecule has 0 aromatic heterocycles. The molecule has 0 saturated heterocycles. The smallest absolute Gasteiger partial charge is 0.284 e. The lowest BCUT2D eigenvalue weighted by Gasteiger charge is -2.24. The van der Waals surface area contributed by atoms with Crippen molar-refractivity contribution in [2.24, 2.45) is 5.10 Å². The molecule has 134 valence electrons. The molecule has 7 nitrogen and oxygen atoms in total. The van der Waals surface area contributed by atoms with E-state index in [4.69, 9.17) is 9.47 Å². The maximum Gasteiger partial charge on any atom is 0.284 e. The molecule has 2 amide bonds. The second-order valence-corrected chi connectivity index (χ2v) is 5.80. The van der Waals surface area contributed by atoms with Gasteiger partial charge in [-0.15, -0.1) is 0 Å². The summed E-state index contributed by atoms with van der Waals surface area (Å²) in [6, 6.07) is 14.4. The van der Waals surface area contributed by atoms with Crippen LogP contribution in [-0.2, 0) is 9.59 Å². The normalized spacial score (nSPS) is 15.9. The van der Waals surface area contributed by atoms with Crippen LogP contribution in [0.4, 0.5) is 5.69 Å². The fraction of sp³-hybridized carbons (Fsp3) is 0.211. The molecule has 1 atom stereocenters. The van der Waals surface area contributed by atoms with Crippen LogP contribution in [-0.4, -0.2) is 30.2 Å². The van der Waals surface area contributed by atoms with E-state index >= 15 is 0 Å². The van der Waals surface area contributed by atoms with Crippen LogP contribution >= 0.6 is 0 Å². The average molecular weight is 353 g/mol. The third kappa shape index (κ3) is 4.18. The molecule has 2 aromatic carbocycles. The number of hydrogen-bond acceptors (Lipinski definition) is 5. The highest BCUT2D eigenvalue weighted by Gasteiger charge is 2.27. The first-order valence-electron chi connectivity index (χ1n) is 8.13. The van der Waals surface area contributed by atoms with Crippen molar-refractivity contribution >= 4 is 23.2 Å². The third-order valence-corrected chi connectivity index (χ3v) is 3.74. The summed E-state index contributed by atoms with van der Waals surface area (Å²) in [5.41, 5.74) is 4.54. The first kappa shape index (κ1) is 17.5. The highest BCUT2D eigenvalue weighted by Crippen LogP contribution is 2.30. The van der Waals surface area contributed by atoms with E-state index in [9.17, 15) is 9.59 Å². The lowest BCUT2D eigenvalue weighted by atomic mass is 10.1. The summed E-state index contributed by atoms with van der Waals surface area (Å²) in [7, 11) is 0. The Balaban J connectivity index is 1.64. The quantitative estimate of drug-likeness (QED) is 0.652. The summed E-state index contributed by atoms with van der Waals surface area (Å²) in [6.45, 7) is 3.33. The van der Waals surface area contributed by atoms with Crippen molar-refractivity contribution in [1.82, 2.24) is 5.43 Å². The Morgan fingerprint density at radius 2 is 1.85 bits per heavy atom. The van der Waals surface area contributed by atoms with Crippen molar-refractivity contribution in [2.75, 3.05) is 11.9 Å². The maximum atomic E-state index is 12.3. The summed E-state index contributed by atoms with van der Waals surface area (Å²) >= 11 is 0. The summed E-state index contributed by atoms with van der Waals surface area (Å²) in [5, 5.41) is 6.82. The van der Waals surface area contributed by atoms with Crippen LogP contribution in [0.15, 0.2) is 53.6 Å². The number of carbonyl (C=O) groups is 2. The maximum absolute atomic E-state index is 12.3. The van der Waals surface area contributed by atoms with Gasteiger partial charge in [0.25, 0.3) is 5.91 Å². The van der Waals surface area contributed by atoms with Crippen molar-refractivity contribution in [3.63, 3.8) is 0 Å². The van der Waals surface area contributed by atoms with Gasteiger partial charge in [-0.25, -0.2) is 5.43 Å². The Bertz CT molecular complexity index is 863. The van der Waals surface area contributed by atoms with Gasteiger partial charge in [-0.1, -0.05) is 24.3 Å². The van der Waals surface area contributed by atoms with Gasteiger partial charge in [0.05, 0.1) is 5.71 Å². The van der Waals surface area contributed by atoms with Crippen molar-refractivity contribution < 1.29 is 19.1 Å². The van der Waals surface area contributed by atoms with Gasteiger partial charge in [-0.3, -0.25) is 9.59 Å². The van der Waals surface area contributed by atoms with Crippen LogP contribution in [0.25, 0.3) is 0 Å². The molecule has 26 heavy (non-hydrogen) atoms. The number of hydrazone groups is 1. The Labute approximate surface area is 151 Å². The molecule has 0 radical (unpaired) electrons. The fourth-order valence-corrected chi connectivity index (χ4v) is 2.45. The fourth-order valence-electron chi connectivity index (χ4n) is 2.45. The second kappa shape index (κ2) is 7.69. The predicted octanol–water partition coefficient (Wildman–Crippen LogP) is 2.33. The van der Waals surface area contributed by atoms with Crippen LogP contribution in [0.2, 0.25) is 0 Å². The molecule has 3 rings (SSSR count). The van der Waals surface area contributed by atoms with E-state index in [1.54, 1.807) is 37.3 Å². The van der Waals surface area contributed by atoms with Gasteiger partial charge in [0.2, 0.25) is 12.0 Å². The number of amides is 2. The zero-order chi connectivity index (χ0) is 18.5. The summed E-state index contributed by atoms with van der Waals surface area (Å²) in [4.78, 5) is 23.4. The Hall–Kier alpha value is -3.35. The highest BCUT2D eigenvalue weighted by atomic mass is 16.6. The second-order valence-electron chi connectivity index (χ2n) is 5.80. The Morgan fingerprint density at radius 1 is 1.08 bits per heavy atom. The summed E-state index contributed by atoms with van der Waals surface area (Å²) in [6.07, 6.45) is -0.771.